The molecule has 0 aliphatic carbocycles. The highest BCUT2D eigenvalue weighted by atomic mass is 16.6. The molecule has 0 fully saturated rings. The number of aromatic hydroxyl groups is 2. The zero-order valence-corrected chi connectivity index (χ0v) is 17.7. The standard InChI is InChI=1S/C13H11NO4.C13H12O2/c15-13-11(14(16)17)7-4-8-12(13)18-9-10-5-2-1-3-6-10;14-12-8-4-5-9-13(12)15-10-11-6-2-1-3-7-11/h1-8,15H,9H2;1-9,14H,10H2. The summed E-state index contributed by atoms with van der Waals surface area (Å²) in [4.78, 5) is 9.99. The third-order valence-electron chi connectivity index (χ3n) is 4.51. The third kappa shape index (κ3) is 7.00. The van der Waals surface area contributed by atoms with Gasteiger partial charge in [-0.25, -0.2) is 0 Å². The van der Waals surface area contributed by atoms with E-state index in [2.05, 4.69) is 0 Å². The molecule has 4 aromatic rings. The highest BCUT2D eigenvalue weighted by molar-refractivity contribution is 5.54. The highest BCUT2D eigenvalue weighted by Gasteiger charge is 2.17. The molecule has 0 radical (unpaired) electrons. The van der Waals surface area contributed by atoms with Crippen molar-refractivity contribution in [3.05, 3.63) is 124 Å². The van der Waals surface area contributed by atoms with Crippen LogP contribution in [-0.2, 0) is 13.2 Å². The normalized spacial score (nSPS) is 9.94. The Bertz CT molecular complexity index is 1170. The lowest BCUT2D eigenvalue weighted by molar-refractivity contribution is -0.386. The average Bonchev–Trinajstić information content (AvgIpc) is 2.84. The summed E-state index contributed by atoms with van der Waals surface area (Å²) in [5, 5.41) is 29.8. The van der Waals surface area contributed by atoms with Crippen molar-refractivity contribution >= 4 is 5.69 Å². The molecule has 0 spiro atoms. The summed E-state index contributed by atoms with van der Waals surface area (Å²) in [6.45, 7) is 0.716. The van der Waals surface area contributed by atoms with Gasteiger partial charge in [0.1, 0.15) is 13.2 Å². The molecule has 0 bridgehead atoms. The number of nitro benzene ring substituents is 1. The number of hydrogen-bond acceptors (Lipinski definition) is 6. The van der Waals surface area contributed by atoms with E-state index >= 15 is 0 Å². The molecule has 0 aliphatic rings. The van der Waals surface area contributed by atoms with Crippen molar-refractivity contribution < 1.29 is 24.6 Å². The first-order valence-corrected chi connectivity index (χ1v) is 10.1. The van der Waals surface area contributed by atoms with E-state index in [9.17, 15) is 20.3 Å². The number of rotatable bonds is 7. The van der Waals surface area contributed by atoms with Crippen LogP contribution < -0.4 is 9.47 Å². The van der Waals surface area contributed by atoms with Crippen LogP contribution in [0.15, 0.2) is 103 Å². The van der Waals surface area contributed by atoms with Crippen LogP contribution in [0.5, 0.6) is 23.0 Å². The second kappa shape index (κ2) is 11.8. The fourth-order valence-corrected chi connectivity index (χ4v) is 2.82. The van der Waals surface area contributed by atoms with Gasteiger partial charge in [0.25, 0.3) is 0 Å². The quantitative estimate of drug-likeness (QED) is 0.273. The van der Waals surface area contributed by atoms with Crippen molar-refractivity contribution in [3.63, 3.8) is 0 Å². The van der Waals surface area contributed by atoms with Gasteiger partial charge in [0.05, 0.1) is 4.92 Å². The fourth-order valence-electron chi connectivity index (χ4n) is 2.82. The topological polar surface area (TPSA) is 102 Å². The Balaban J connectivity index is 0.000000189. The molecule has 0 saturated carbocycles. The van der Waals surface area contributed by atoms with Crippen LogP contribution in [0.1, 0.15) is 11.1 Å². The SMILES string of the molecule is O=[N+]([O-])c1cccc(OCc2ccccc2)c1O.Oc1ccccc1OCc1ccccc1. The number of hydrogen-bond donors (Lipinski definition) is 2. The first kappa shape index (κ1) is 23.1. The summed E-state index contributed by atoms with van der Waals surface area (Å²) in [5.41, 5.74) is 1.64. The van der Waals surface area contributed by atoms with Gasteiger partial charge in [-0.1, -0.05) is 78.9 Å². The Kier molecular flexibility index (Phi) is 8.25. The van der Waals surface area contributed by atoms with Gasteiger partial charge in [-0.2, -0.15) is 0 Å². The molecule has 0 aromatic heterocycles. The summed E-state index contributed by atoms with van der Waals surface area (Å²) < 4.78 is 10.8. The van der Waals surface area contributed by atoms with Gasteiger partial charge in [0.15, 0.2) is 17.2 Å². The van der Waals surface area contributed by atoms with E-state index in [1.54, 1.807) is 18.2 Å². The predicted molar refractivity (Wildman–Crippen MR) is 124 cm³/mol. The van der Waals surface area contributed by atoms with E-state index < -0.39 is 10.7 Å². The van der Waals surface area contributed by atoms with E-state index in [1.165, 1.54) is 18.2 Å². The van der Waals surface area contributed by atoms with Gasteiger partial charge in [0.2, 0.25) is 5.75 Å². The van der Waals surface area contributed by atoms with Crippen LogP contribution in [0.25, 0.3) is 0 Å². The van der Waals surface area contributed by atoms with E-state index in [4.69, 9.17) is 9.47 Å². The second-order valence-electron chi connectivity index (χ2n) is 6.90. The van der Waals surface area contributed by atoms with Gasteiger partial charge < -0.3 is 19.7 Å². The molecule has 7 nitrogen and oxygen atoms in total. The number of nitro groups is 1. The summed E-state index contributed by atoms with van der Waals surface area (Å²) in [6, 6.07) is 30.4. The molecule has 4 aromatic carbocycles. The molecule has 0 heterocycles. The number of para-hydroxylation sites is 3. The van der Waals surface area contributed by atoms with Gasteiger partial charge in [-0.3, -0.25) is 10.1 Å². The Morgan fingerprint density at radius 3 is 1.67 bits per heavy atom. The molecule has 33 heavy (non-hydrogen) atoms. The van der Waals surface area contributed by atoms with Crippen LogP contribution in [-0.4, -0.2) is 15.1 Å². The van der Waals surface area contributed by atoms with Crippen molar-refractivity contribution in [1.29, 1.82) is 0 Å². The minimum Gasteiger partial charge on any atom is -0.504 e. The van der Waals surface area contributed by atoms with Gasteiger partial charge >= 0.3 is 5.69 Å². The predicted octanol–water partition coefficient (Wildman–Crippen LogP) is 5.85. The number of ether oxygens (including phenoxy) is 2. The average molecular weight is 445 g/mol. The molecule has 0 amide bonds. The molecule has 7 heteroatoms. The summed E-state index contributed by atoms with van der Waals surface area (Å²) in [5.74, 6) is 0.348. The van der Waals surface area contributed by atoms with Crippen molar-refractivity contribution in [1.82, 2.24) is 0 Å². The molecule has 168 valence electrons. The highest BCUT2D eigenvalue weighted by Crippen LogP contribution is 2.35. The zero-order valence-electron chi connectivity index (χ0n) is 17.7. The minimum absolute atomic E-state index is 0.105. The molecule has 0 unspecified atom stereocenters. The van der Waals surface area contributed by atoms with Gasteiger partial charge in [0, 0.05) is 6.07 Å². The van der Waals surface area contributed by atoms with Crippen LogP contribution in [0.2, 0.25) is 0 Å². The maximum atomic E-state index is 10.6. The lowest BCUT2D eigenvalue weighted by Gasteiger charge is -2.07. The van der Waals surface area contributed by atoms with Crippen LogP contribution in [0.4, 0.5) is 5.69 Å². The maximum Gasteiger partial charge on any atom is 0.314 e. The maximum absolute atomic E-state index is 10.6. The first-order valence-electron chi connectivity index (χ1n) is 10.1. The monoisotopic (exact) mass is 445 g/mol. The van der Waals surface area contributed by atoms with E-state index in [0.717, 1.165) is 11.1 Å². The molecule has 0 atom stereocenters. The van der Waals surface area contributed by atoms with Crippen molar-refractivity contribution in [2.75, 3.05) is 0 Å². The third-order valence-corrected chi connectivity index (χ3v) is 4.51. The van der Waals surface area contributed by atoms with Crippen LogP contribution in [0.3, 0.4) is 0 Å². The zero-order chi connectivity index (χ0) is 23.5. The molecule has 0 aliphatic heterocycles. The van der Waals surface area contributed by atoms with Gasteiger partial charge in [-0.05, 0) is 29.3 Å². The number of nitrogens with zero attached hydrogens (tertiary/aromatic N) is 1. The Hall–Kier alpha value is -4.52. The van der Waals surface area contributed by atoms with E-state index in [1.807, 2.05) is 66.7 Å². The lowest BCUT2D eigenvalue weighted by Crippen LogP contribution is -1.97. The van der Waals surface area contributed by atoms with Crippen molar-refractivity contribution in [3.8, 4) is 23.0 Å². The minimum atomic E-state index is -0.648. The smallest absolute Gasteiger partial charge is 0.314 e. The molecule has 2 N–H and O–H groups in total. The summed E-state index contributed by atoms with van der Waals surface area (Å²) >= 11 is 0. The Morgan fingerprint density at radius 2 is 1.12 bits per heavy atom. The fraction of sp³-hybridized carbons (Fsp3) is 0.0769. The van der Waals surface area contributed by atoms with Gasteiger partial charge in [-0.15, -0.1) is 0 Å². The van der Waals surface area contributed by atoms with E-state index in [0.29, 0.717) is 12.4 Å². The molecule has 4 rings (SSSR count). The Labute approximate surface area is 191 Å². The Morgan fingerprint density at radius 1 is 0.636 bits per heavy atom. The van der Waals surface area contributed by atoms with Crippen molar-refractivity contribution in [2.24, 2.45) is 0 Å². The molecule has 0 saturated heterocycles. The second-order valence-corrected chi connectivity index (χ2v) is 6.90. The number of phenols is 2. The summed E-state index contributed by atoms with van der Waals surface area (Å²) in [6.07, 6.45) is 0. The van der Waals surface area contributed by atoms with Crippen LogP contribution >= 0.6 is 0 Å². The first-order chi connectivity index (χ1) is 16.0. The lowest BCUT2D eigenvalue weighted by atomic mass is 10.2. The molecular weight excluding hydrogens is 422 g/mol. The largest absolute Gasteiger partial charge is 0.504 e. The van der Waals surface area contributed by atoms with E-state index in [-0.39, 0.29) is 23.8 Å². The number of phenolic OH excluding ortho intramolecular Hbond substituents is 2. The van der Waals surface area contributed by atoms with Crippen LogP contribution in [0, 0.1) is 10.1 Å². The molecular formula is C26H23NO6. The van der Waals surface area contributed by atoms with Crippen molar-refractivity contribution in [2.45, 2.75) is 13.2 Å². The number of benzene rings is 4. The summed E-state index contributed by atoms with van der Waals surface area (Å²) in [7, 11) is 0.